The number of benzene rings is 2. The van der Waals surface area contributed by atoms with Gasteiger partial charge in [-0.25, -0.2) is 0 Å². The molecule has 3 aromatic rings. The summed E-state index contributed by atoms with van der Waals surface area (Å²) in [6.07, 6.45) is 2.40. The number of anilines is 1. The van der Waals surface area contributed by atoms with Crippen molar-refractivity contribution in [1.82, 2.24) is 4.98 Å². The smallest absolute Gasteiger partial charge is 0.259 e. The van der Waals surface area contributed by atoms with E-state index in [0.717, 1.165) is 0 Å². The number of Topliss-reactive ketones (excluding diaryl/α,β-unsaturated/α-hetero) is 1. The molecule has 0 amide bonds. The Kier molecular flexibility index (Phi) is 5.44. The Morgan fingerprint density at radius 1 is 1.07 bits per heavy atom. The molecular formula is C20H14Cl2N2O3. The number of carbonyl (C=O) groups excluding carboxylic acids is 2. The van der Waals surface area contributed by atoms with E-state index < -0.39 is 23.5 Å². The molecule has 3 N–H and O–H groups in total. The second kappa shape index (κ2) is 7.78. The minimum Gasteiger partial charge on any atom is -0.398 e. The van der Waals surface area contributed by atoms with Crippen LogP contribution in [0, 0.1) is 0 Å². The highest BCUT2D eigenvalue weighted by molar-refractivity contribution is 6.33. The monoisotopic (exact) mass is 400 g/mol. The number of fused-ring (bicyclic) bond motifs is 1. The van der Waals surface area contributed by atoms with Crippen LogP contribution in [-0.2, 0) is 4.79 Å². The fourth-order valence-electron chi connectivity index (χ4n) is 2.55. The molecule has 0 saturated heterocycles. The van der Waals surface area contributed by atoms with Gasteiger partial charge in [0.05, 0.1) is 22.7 Å². The summed E-state index contributed by atoms with van der Waals surface area (Å²) in [7, 11) is 0. The molecule has 7 heteroatoms. The van der Waals surface area contributed by atoms with Crippen LogP contribution < -0.4 is 11.3 Å². The molecule has 0 aliphatic carbocycles. The van der Waals surface area contributed by atoms with Crippen molar-refractivity contribution in [3.8, 4) is 0 Å². The Balaban J connectivity index is 1.77. The van der Waals surface area contributed by atoms with Gasteiger partial charge < -0.3 is 10.7 Å². The number of H-pyrrole nitrogens is 1. The molecule has 0 unspecified atom stereocenters. The van der Waals surface area contributed by atoms with Crippen LogP contribution in [0.1, 0.15) is 22.3 Å². The van der Waals surface area contributed by atoms with Gasteiger partial charge in [-0.05, 0) is 47.4 Å². The van der Waals surface area contributed by atoms with Gasteiger partial charge in [-0.3, -0.25) is 14.4 Å². The number of aromatic amines is 1. The maximum atomic E-state index is 12.4. The maximum Gasteiger partial charge on any atom is 0.259 e. The molecule has 0 spiro atoms. The minimum atomic E-state index is -0.558. The lowest BCUT2D eigenvalue weighted by molar-refractivity contribution is -0.113. The van der Waals surface area contributed by atoms with E-state index in [9.17, 15) is 14.4 Å². The molecule has 1 heterocycles. The van der Waals surface area contributed by atoms with E-state index in [1.54, 1.807) is 36.4 Å². The highest BCUT2D eigenvalue weighted by atomic mass is 35.5. The van der Waals surface area contributed by atoms with Crippen LogP contribution in [0.2, 0.25) is 10.0 Å². The van der Waals surface area contributed by atoms with Gasteiger partial charge in [-0.1, -0.05) is 41.4 Å². The Morgan fingerprint density at radius 3 is 2.59 bits per heavy atom. The van der Waals surface area contributed by atoms with Gasteiger partial charge in [0.25, 0.3) is 5.56 Å². The number of nitrogens with one attached hydrogen (secondary N) is 1. The molecule has 0 atom stereocenters. The zero-order valence-electron chi connectivity index (χ0n) is 14.0. The first-order valence-corrected chi connectivity index (χ1v) is 8.71. The normalized spacial score (nSPS) is 11.2. The fraction of sp³-hybridized carbons (Fsp3) is 0.0500. The first-order valence-electron chi connectivity index (χ1n) is 7.95. The lowest BCUT2D eigenvalue weighted by Crippen LogP contribution is -2.19. The van der Waals surface area contributed by atoms with Crippen molar-refractivity contribution in [3.05, 3.63) is 80.1 Å². The van der Waals surface area contributed by atoms with E-state index >= 15 is 0 Å². The molecule has 2 aromatic carbocycles. The molecular weight excluding hydrogens is 387 g/mol. The number of nitrogen functional groups attached to an aromatic ring is 1. The molecule has 27 heavy (non-hydrogen) atoms. The summed E-state index contributed by atoms with van der Waals surface area (Å²) in [5.41, 5.74) is 6.67. The Morgan fingerprint density at radius 2 is 1.85 bits per heavy atom. The largest absolute Gasteiger partial charge is 0.398 e. The number of pyridine rings is 1. The number of aromatic nitrogens is 1. The Labute approximate surface area is 164 Å². The third-order valence-corrected chi connectivity index (χ3v) is 4.50. The molecule has 5 nitrogen and oxygen atoms in total. The number of hydrogen-bond donors (Lipinski definition) is 2. The van der Waals surface area contributed by atoms with Crippen molar-refractivity contribution < 1.29 is 9.59 Å². The van der Waals surface area contributed by atoms with Gasteiger partial charge in [0.15, 0.2) is 11.6 Å². The first-order chi connectivity index (χ1) is 12.8. The van der Waals surface area contributed by atoms with Crippen molar-refractivity contribution in [2.24, 2.45) is 0 Å². The summed E-state index contributed by atoms with van der Waals surface area (Å²) in [5.74, 6) is -0.984. The predicted molar refractivity (Wildman–Crippen MR) is 108 cm³/mol. The predicted octanol–water partition coefficient (Wildman–Crippen LogP) is 4.27. The third kappa shape index (κ3) is 4.45. The van der Waals surface area contributed by atoms with Crippen molar-refractivity contribution in [2.45, 2.75) is 6.42 Å². The third-order valence-electron chi connectivity index (χ3n) is 3.92. The zero-order valence-corrected chi connectivity index (χ0v) is 15.5. The lowest BCUT2D eigenvalue weighted by atomic mass is 10.0. The number of allylic oxidation sites excluding steroid dienone is 1. The van der Waals surface area contributed by atoms with Gasteiger partial charge in [0, 0.05) is 10.5 Å². The van der Waals surface area contributed by atoms with Crippen molar-refractivity contribution in [2.75, 3.05) is 5.73 Å². The molecule has 136 valence electrons. The number of rotatable bonds is 5. The van der Waals surface area contributed by atoms with Gasteiger partial charge >= 0.3 is 0 Å². The molecule has 0 bridgehead atoms. The summed E-state index contributed by atoms with van der Waals surface area (Å²) in [6, 6.07) is 11.3. The van der Waals surface area contributed by atoms with E-state index in [4.69, 9.17) is 28.9 Å². The average Bonchev–Trinajstić information content (AvgIpc) is 2.62. The number of halogens is 2. The zero-order chi connectivity index (χ0) is 19.6. The first kappa shape index (κ1) is 18.9. The summed E-state index contributed by atoms with van der Waals surface area (Å²) >= 11 is 11.7. The lowest BCUT2D eigenvalue weighted by Gasteiger charge is -2.03. The van der Waals surface area contributed by atoms with E-state index in [2.05, 4.69) is 4.98 Å². The van der Waals surface area contributed by atoms with Crippen LogP contribution in [-0.4, -0.2) is 16.6 Å². The topological polar surface area (TPSA) is 93.0 Å². The van der Waals surface area contributed by atoms with Crippen LogP contribution >= 0.6 is 23.2 Å². The SMILES string of the molecule is Nc1cc(C=CC(=O)CC(=O)c2cc3ccc(Cl)cc3[nH]c2=O)ccc1Cl. The van der Waals surface area contributed by atoms with E-state index in [1.165, 1.54) is 18.2 Å². The van der Waals surface area contributed by atoms with E-state index in [0.29, 0.717) is 32.2 Å². The quantitative estimate of drug-likeness (QED) is 0.289. The molecule has 3 rings (SSSR count). The van der Waals surface area contributed by atoms with Crippen molar-refractivity contribution in [1.29, 1.82) is 0 Å². The molecule has 1 aromatic heterocycles. The van der Waals surface area contributed by atoms with Crippen molar-refractivity contribution >= 4 is 57.4 Å². The van der Waals surface area contributed by atoms with Crippen LogP contribution in [0.25, 0.3) is 17.0 Å². The summed E-state index contributed by atoms with van der Waals surface area (Å²) in [4.78, 5) is 39.2. The highest BCUT2D eigenvalue weighted by Crippen LogP contribution is 2.20. The fourth-order valence-corrected chi connectivity index (χ4v) is 2.84. The van der Waals surface area contributed by atoms with Crippen LogP contribution in [0.5, 0.6) is 0 Å². The summed E-state index contributed by atoms with van der Waals surface area (Å²) in [5, 5.41) is 1.55. The maximum absolute atomic E-state index is 12.4. The van der Waals surface area contributed by atoms with E-state index in [1.807, 2.05) is 0 Å². The standard InChI is InChI=1S/C20H14Cl2N2O3/c21-13-4-3-12-8-15(20(27)24-18(12)9-13)19(26)10-14(25)5-1-11-2-6-16(22)17(23)7-11/h1-9H,10,23H2,(H,24,27). The van der Waals surface area contributed by atoms with Gasteiger partial charge in [0.1, 0.15) is 0 Å². The average molecular weight is 401 g/mol. The van der Waals surface area contributed by atoms with Crippen LogP contribution in [0.4, 0.5) is 5.69 Å². The summed E-state index contributed by atoms with van der Waals surface area (Å²) < 4.78 is 0. The number of ketones is 2. The molecule has 0 saturated carbocycles. The molecule has 0 fully saturated rings. The minimum absolute atomic E-state index is 0.0673. The second-order valence-electron chi connectivity index (χ2n) is 5.92. The second-order valence-corrected chi connectivity index (χ2v) is 6.77. The van der Waals surface area contributed by atoms with Gasteiger partial charge in [0.2, 0.25) is 0 Å². The summed E-state index contributed by atoms with van der Waals surface area (Å²) in [6.45, 7) is 0. The van der Waals surface area contributed by atoms with E-state index in [-0.39, 0.29) is 5.56 Å². The molecule has 0 aliphatic rings. The van der Waals surface area contributed by atoms with Gasteiger partial charge in [-0.2, -0.15) is 0 Å². The Hall–Kier alpha value is -2.89. The van der Waals surface area contributed by atoms with Crippen molar-refractivity contribution in [3.63, 3.8) is 0 Å². The number of hydrogen-bond acceptors (Lipinski definition) is 4. The molecule has 0 radical (unpaired) electrons. The van der Waals surface area contributed by atoms with Crippen LogP contribution in [0.15, 0.2) is 53.3 Å². The Bertz CT molecular complexity index is 1150. The number of carbonyl (C=O) groups is 2. The highest BCUT2D eigenvalue weighted by Gasteiger charge is 2.15. The molecule has 0 aliphatic heterocycles. The van der Waals surface area contributed by atoms with Gasteiger partial charge in [-0.15, -0.1) is 0 Å². The van der Waals surface area contributed by atoms with Crippen LogP contribution in [0.3, 0.4) is 0 Å². The number of nitrogens with two attached hydrogens (primary N) is 1.